The molecular weight excluding hydrogens is 568 g/mol. The van der Waals surface area contributed by atoms with Gasteiger partial charge in [0, 0.05) is 77.8 Å². The Balaban J connectivity index is 1.13. The summed E-state index contributed by atoms with van der Waals surface area (Å²) >= 11 is 0. The van der Waals surface area contributed by atoms with Gasteiger partial charge in [0.15, 0.2) is 0 Å². The largest absolute Gasteiger partial charge is 0.449 e. The predicted molar refractivity (Wildman–Crippen MR) is 161 cm³/mol. The van der Waals surface area contributed by atoms with Crippen molar-refractivity contribution >= 4 is 22.9 Å². The summed E-state index contributed by atoms with van der Waals surface area (Å²) < 4.78 is 43.1. The van der Waals surface area contributed by atoms with Crippen molar-refractivity contribution in [3.63, 3.8) is 0 Å². The highest BCUT2D eigenvalue weighted by Crippen LogP contribution is 2.70. The maximum absolute atomic E-state index is 14.9. The van der Waals surface area contributed by atoms with Crippen molar-refractivity contribution in [2.45, 2.75) is 83.9 Å². The molecule has 44 heavy (non-hydrogen) atoms. The quantitative estimate of drug-likeness (QED) is 0.337. The molecule has 0 bridgehead atoms. The average Bonchev–Trinajstić information content (AvgIpc) is 3.37. The summed E-state index contributed by atoms with van der Waals surface area (Å²) in [7, 11) is 0. The van der Waals surface area contributed by atoms with Gasteiger partial charge >= 0.3 is 6.09 Å². The number of alkyl halides is 2. The average molecular weight is 610 g/mol. The minimum absolute atomic E-state index is 0.0970. The van der Waals surface area contributed by atoms with Crippen LogP contribution < -0.4 is 0 Å². The number of carbonyl (C=O) groups excluding carboxylic acids is 2. The summed E-state index contributed by atoms with van der Waals surface area (Å²) in [5, 5.41) is 5.91. The molecule has 2 amide bonds. The number of piperazine rings is 1. The van der Waals surface area contributed by atoms with Gasteiger partial charge in [0.25, 0.3) is 11.8 Å². The molecule has 0 radical (unpaired) electrons. The lowest BCUT2D eigenvalue weighted by molar-refractivity contribution is -0.0418. The molecule has 1 saturated carbocycles. The number of hydrogen-bond donors (Lipinski definition) is 1. The van der Waals surface area contributed by atoms with Gasteiger partial charge in [0.05, 0.1) is 12.3 Å². The van der Waals surface area contributed by atoms with Gasteiger partial charge in [-0.2, -0.15) is 5.10 Å². The van der Waals surface area contributed by atoms with E-state index in [1.807, 2.05) is 42.8 Å². The molecule has 7 rings (SSSR count). The molecule has 2 aromatic heterocycles. The molecule has 9 nitrogen and oxygen atoms in total. The number of aromatic amines is 1. The minimum atomic E-state index is -2.68. The van der Waals surface area contributed by atoms with Gasteiger partial charge in [-0.3, -0.25) is 4.79 Å². The third-order valence-corrected chi connectivity index (χ3v) is 10.4. The van der Waals surface area contributed by atoms with Gasteiger partial charge in [-0.1, -0.05) is 26.3 Å². The van der Waals surface area contributed by atoms with Gasteiger partial charge in [-0.25, -0.2) is 18.3 Å². The molecule has 3 fully saturated rings. The third-order valence-electron chi connectivity index (χ3n) is 10.4. The van der Waals surface area contributed by atoms with E-state index < -0.39 is 17.3 Å². The van der Waals surface area contributed by atoms with Crippen LogP contribution in [-0.2, 0) is 22.3 Å². The minimum Gasteiger partial charge on any atom is -0.449 e. The Morgan fingerprint density at radius 2 is 2.05 bits per heavy atom. The van der Waals surface area contributed by atoms with Crippen molar-refractivity contribution in [3.05, 3.63) is 41.1 Å². The smallest absolute Gasteiger partial charge is 0.410 e. The van der Waals surface area contributed by atoms with E-state index in [4.69, 9.17) is 14.6 Å². The van der Waals surface area contributed by atoms with Crippen LogP contribution in [0.3, 0.4) is 0 Å². The van der Waals surface area contributed by atoms with Crippen LogP contribution in [0.15, 0.2) is 24.3 Å². The van der Waals surface area contributed by atoms with E-state index in [9.17, 15) is 18.4 Å². The van der Waals surface area contributed by atoms with Crippen LogP contribution in [-0.4, -0.2) is 81.4 Å². The van der Waals surface area contributed by atoms with E-state index in [-0.39, 0.29) is 37.1 Å². The number of nitrogens with zero attached hydrogens (tertiary/aromatic N) is 4. The number of amides is 2. The maximum Gasteiger partial charge on any atom is 0.410 e. The number of fused-ring (bicyclic) bond motifs is 3. The second kappa shape index (κ2) is 10.9. The monoisotopic (exact) mass is 609 g/mol. The summed E-state index contributed by atoms with van der Waals surface area (Å²) in [5.74, 6) is -3.46. The standard InChI is InChI=1S/C33H41F2N5O4/c1-4-5-13-44-31(42)39-12-11-38(19-20(39)2)30(41)22-10-9-21-15-25(36-24(21)16-22)29-23-17-27-32(3,33(27,34)35)18-26(23)40(37-29)28-8-6-7-14-43-28/h9-10,15-16,20,27-28,36H,4-8,11-14,17-19H2,1-3H3/t20-,27-,28?,32+/m0/s1. The summed E-state index contributed by atoms with van der Waals surface area (Å²) in [5.41, 5.74) is 3.49. The first-order valence-corrected chi connectivity index (χ1v) is 16.1. The summed E-state index contributed by atoms with van der Waals surface area (Å²) in [6.45, 7) is 8.00. The fourth-order valence-electron chi connectivity index (χ4n) is 7.47. The molecular formula is C33H41F2N5O4. The maximum atomic E-state index is 14.9. The summed E-state index contributed by atoms with van der Waals surface area (Å²) in [6.07, 6.45) is 4.62. The zero-order chi connectivity index (χ0) is 30.8. The number of aromatic nitrogens is 3. The Morgan fingerprint density at radius 1 is 1.20 bits per heavy atom. The molecule has 1 unspecified atom stereocenters. The van der Waals surface area contributed by atoms with Crippen molar-refractivity contribution in [1.29, 1.82) is 0 Å². The molecule has 1 N–H and O–H groups in total. The van der Waals surface area contributed by atoms with Crippen molar-refractivity contribution in [2.24, 2.45) is 11.3 Å². The van der Waals surface area contributed by atoms with Crippen LogP contribution in [0.5, 0.6) is 0 Å². The molecule has 4 aliphatic rings. The molecule has 3 aromatic rings. The van der Waals surface area contributed by atoms with E-state index in [0.29, 0.717) is 44.1 Å². The number of nitrogens with one attached hydrogen (secondary N) is 1. The number of benzene rings is 1. The number of ether oxygens (including phenoxy) is 2. The number of carbonyl (C=O) groups is 2. The Bertz CT molecular complexity index is 1590. The molecule has 236 valence electrons. The first-order valence-electron chi connectivity index (χ1n) is 16.1. The lowest BCUT2D eigenvalue weighted by Crippen LogP contribution is -2.55. The Morgan fingerprint density at radius 3 is 2.80 bits per heavy atom. The number of H-pyrrole nitrogens is 1. The zero-order valence-electron chi connectivity index (χ0n) is 25.7. The molecule has 11 heteroatoms. The van der Waals surface area contributed by atoms with Gasteiger partial charge in [-0.15, -0.1) is 0 Å². The van der Waals surface area contributed by atoms with E-state index in [0.717, 1.165) is 60.0 Å². The normalized spacial score (nSPS) is 27.6. The zero-order valence-corrected chi connectivity index (χ0v) is 25.7. The lowest BCUT2D eigenvalue weighted by atomic mass is 9.87. The van der Waals surface area contributed by atoms with E-state index in [1.54, 1.807) is 16.7 Å². The number of hydrogen-bond acceptors (Lipinski definition) is 5. The van der Waals surface area contributed by atoms with Crippen molar-refractivity contribution in [3.8, 4) is 11.4 Å². The van der Waals surface area contributed by atoms with Gasteiger partial charge in [0.1, 0.15) is 11.9 Å². The number of halogens is 2. The van der Waals surface area contributed by atoms with Crippen LogP contribution >= 0.6 is 0 Å². The van der Waals surface area contributed by atoms with Gasteiger partial charge < -0.3 is 24.3 Å². The second-order valence-electron chi connectivity index (χ2n) is 13.3. The third kappa shape index (κ3) is 4.69. The van der Waals surface area contributed by atoms with E-state index in [2.05, 4.69) is 4.98 Å². The molecule has 2 saturated heterocycles. The fourth-order valence-corrected chi connectivity index (χ4v) is 7.47. The van der Waals surface area contributed by atoms with Crippen molar-refractivity contribution in [1.82, 2.24) is 24.6 Å². The van der Waals surface area contributed by atoms with Crippen LogP contribution in [0.4, 0.5) is 13.6 Å². The number of rotatable bonds is 6. The van der Waals surface area contributed by atoms with E-state index >= 15 is 0 Å². The highest BCUT2D eigenvalue weighted by Gasteiger charge is 2.78. The fraction of sp³-hybridized carbons (Fsp3) is 0.606. The van der Waals surface area contributed by atoms with Crippen LogP contribution in [0.1, 0.15) is 80.7 Å². The molecule has 1 aromatic carbocycles. The lowest BCUT2D eigenvalue weighted by Gasteiger charge is -2.39. The summed E-state index contributed by atoms with van der Waals surface area (Å²) in [4.78, 5) is 32.9. The Kier molecular flexibility index (Phi) is 7.22. The van der Waals surface area contributed by atoms with Gasteiger partial charge in [-0.05, 0) is 57.2 Å². The van der Waals surface area contributed by atoms with Crippen molar-refractivity contribution in [2.75, 3.05) is 32.8 Å². The van der Waals surface area contributed by atoms with Crippen LogP contribution in [0.25, 0.3) is 22.3 Å². The molecule has 4 heterocycles. The highest BCUT2D eigenvalue weighted by atomic mass is 19.3. The van der Waals surface area contributed by atoms with Crippen LogP contribution in [0, 0.1) is 11.3 Å². The first-order chi connectivity index (χ1) is 21.1. The topological polar surface area (TPSA) is 92.7 Å². The molecule has 2 aliphatic carbocycles. The predicted octanol–water partition coefficient (Wildman–Crippen LogP) is 6.18. The summed E-state index contributed by atoms with van der Waals surface area (Å²) in [6, 6.07) is 7.41. The molecule has 2 aliphatic heterocycles. The first kappa shape index (κ1) is 29.3. The van der Waals surface area contributed by atoms with E-state index in [1.165, 1.54) is 0 Å². The van der Waals surface area contributed by atoms with Gasteiger partial charge in [0.2, 0.25) is 0 Å². The SMILES string of the molecule is CCCCOC(=O)N1CCN(C(=O)c2ccc3cc(-c4nn(C5CCCCO5)c5c4C[C@@H]4C(F)(F)[C@]4(C)C5)[nH]c3c2)C[C@@H]1C. The second-order valence-corrected chi connectivity index (χ2v) is 13.3. The van der Waals surface area contributed by atoms with Crippen molar-refractivity contribution < 1.29 is 27.8 Å². The van der Waals surface area contributed by atoms with Crippen LogP contribution in [0.2, 0.25) is 0 Å². The Labute approximate surface area is 255 Å². The molecule has 4 atom stereocenters. The number of unbranched alkanes of at least 4 members (excludes halogenated alkanes) is 1. The molecule has 0 spiro atoms. The Hall–Kier alpha value is -3.47. The highest BCUT2D eigenvalue weighted by molar-refractivity contribution is 5.99.